The van der Waals surface area contributed by atoms with Crippen LogP contribution in [-0.2, 0) is 7.05 Å². The molecule has 1 heterocycles. The third-order valence-electron chi connectivity index (χ3n) is 3.75. The van der Waals surface area contributed by atoms with Crippen molar-refractivity contribution in [3.8, 4) is 16.8 Å². The van der Waals surface area contributed by atoms with Gasteiger partial charge in [0.25, 0.3) is 5.56 Å². The summed E-state index contributed by atoms with van der Waals surface area (Å²) in [5.41, 5.74) is 2.88. The van der Waals surface area contributed by atoms with Gasteiger partial charge in [-0.05, 0) is 30.7 Å². The van der Waals surface area contributed by atoms with E-state index in [1.54, 1.807) is 27.6 Å². The standard InChI is InChI=1S/C17H14Cl2N2O/c1-11-16(12-6-4-3-5-7-12)17(22)21(20(11)2)15-10-13(18)8-9-14(15)19/h3-10H,1-2H3. The van der Waals surface area contributed by atoms with Crippen LogP contribution < -0.4 is 5.56 Å². The molecule has 0 amide bonds. The van der Waals surface area contributed by atoms with E-state index >= 15 is 0 Å². The smallest absolute Gasteiger partial charge is 0.279 e. The van der Waals surface area contributed by atoms with Gasteiger partial charge in [0.2, 0.25) is 0 Å². The van der Waals surface area contributed by atoms with E-state index in [0.29, 0.717) is 21.3 Å². The van der Waals surface area contributed by atoms with E-state index in [2.05, 4.69) is 0 Å². The van der Waals surface area contributed by atoms with Crippen molar-refractivity contribution in [3.63, 3.8) is 0 Å². The maximum Gasteiger partial charge on any atom is 0.279 e. The van der Waals surface area contributed by atoms with Gasteiger partial charge in [0.15, 0.2) is 0 Å². The predicted octanol–water partition coefficient (Wildman–Crippen LogP) is 4.46. The number of hydrogen-bond acceptors (Lipinski definition) is 1. The zero-order valence-corrected chi connectivity index (χ0v) is 13.7. The molecule has 0 aliphatic carbocycles. The third kappa shape index (κ3) is 2.36. The molecule has 112 valence electrons. The first-order chi connectivity index (χ1) is 10.5. The summed E-state index contributed by atoms with van der Waals surface area (Å²) in [4.78, 5) is 12.9. The van der Waals surface area contributed by atoms with E-state index in [-0.39, 0.29) is 5.56 Å². The number of hydrogen-bond donors (Lipinski definition) is 0. The molecule has 22 heavy (non-hydrogen) atoms. The molecule has 0 saturated heterocycles. The minimum atomic E-state index is -0.115. The second kappa shape index (κ2) is 5.67. The Hall–Kier alpha value is -1.97. The number of rotatable bonds is 2. The summed E-state index contributed by atoms with van der Waals surface area (Å²) in [7, 11) is 1.83. The maximum atomic E-state index is 12.9. The molecular weight excluding hydrogens is 319 g/mol. The molecule has 0 fully saturated rings. The average molecular weight is 333 g/mol. The summed E-state index contributed by atoms with van der Waals surface area (Å²) in [6, 6.07) is 14.7. The normalized spacial score (nSPS) is 10.9. The lowest BCUT2D eigenvalue weighted by atomic mass is 10.1. The van der Waals surface area contributed by atoms with Gasteiger partial charge in [0.05, 0.1) is 16.3 Å². The number of halogens is 2. The second-order valence-corrected chi connectivity index (χ2v) is 5.91. The van der Waals surface area contributed by atoms with Crippen molar-refractivity contribution >= 4 is 23.2 Å². The van der Waals surface area contributed by atoms with Crippen LogP contribution >= 0.6 is 23.2 Å². The fraction of sp³-hybridized carbons (Fsp3) is 0.118. The summed E-state index contributed by atoms with van der Waals surface area (Å²) in [6.45, 7) is 1.92. The molecule has 0 bridgehead atoms. The van der Waals surface area contributed by atoms with Crippen LogP contribution in [0, 0.1) is 6.92 Å². The number of nitrogens with zero attached hydrogens (tertiary/aromatic N) is 2. The van der Waals surface area contributed by atoms with Crippen molar-refractivity contribution in [2.45, 2.75) is 6.92 Å². The Bertz CT molecular complexity index is 895. The van der Waals surface area contributed by atoms with Gasteiger partial charge in [-0.1, -0.05) is 53.5 Å². The van der Waals surface area contributed by atoms with Crippen molar-refractivity contribution in [1.82, 2.24) is 9.36 Å². The van der Waals surface area contributed by atoms with E-state index in [9.17, 15) is 4.79 Å². The Labute approximate surface area is 138 Å². The largest absolute Gasteiger partial charge is 0.285 e. The van der Waals surface area contributed by atoms with Gasteiger partial charge in [-0.25, -0.2) is 4.68 Å². The summed E-state index contributed by atoms with van der Waals surface area (Å²) in [5, 5.41) is 1.01. The molecule has 0 radical (unpaired) electrons. The highest BCUT2D eigenvalue weighted by Gasteiger charge is 2.19. The van der Waals surface area contributed by atoms with Crippen LogP contribution in [0.2, 0.25) is 10.0 Å². The minimum absolute atomic E-state index is 0.115. The van der Waals surface area contributed by atoms with Crippen LogP contribution in [-0.4, -0.2) is 9.36 Å². The van der Waals surface area contributed by atoms with Crippen LogP contribution in [0.25, 0.3) is 16.8 Å². The van der Waals surface area contributed by atoms with Gasteiger partial charge in [0, 0.05) is 17.8 Å². The topological polar surface area (TPSA) is 26.9 Å². The van der Waals surface area contributed by atoms with Gasteiger partial charge in [0.1, 0.15) is 0 Å². The summed E-state index contributed by atoms with van der Waals surface area (Å²) < 4.78 is 3.34. The molecule has 0 N–H and O–H groups in total. The first-order valence-electron chi connectivity index (χ1n) is 6.80. The van der Waals surface area contributed by atoms with E-state index in [1.807, 2.05) is 44.3 Å². The third-order valence-corrected chi connectivity index (χ3v) is 4.31. The van der Waals surface area contributed by atoms with Gasteiger partial charge >= 0.3 is 0 Å². The molecule has 0 aliphatic heterocycles. The molecule has 3 aromatic rings. The van der Waals surface area contributed by atoms with Gasteiger partial charge in [-0.15, -0.1) is 0 Å². The molecule has 3 nitrogen and oxygen atoms in total. The highest BCUT2D eigenvalue weighted by molar-refractivity contribution is 6.34. The van der Waals surface area contributed by atoms with Crippen LogP contribution in [0.4, 0.5) is 0 Å². The fourth-order valence-electron chi connectivity index (χ4n) is 2.57. The summed E-state index contributed by atoms with van der Waals surface area (Å²) in [6.07, 6.45) is 0. The summed E-state index contributed by atoms with van der Waals surface area (Å²) >= 11 is 12.3. The second-order valence-electron chi connectivity index (χ2n) is 5.06. The van der Waals surface area contributed by atoms with Crippen molar-refractivity contribution in [2.24, 2.45) is 7.05 Å². The first kappa shape index (κ1) is 14.9. The first-order valence-corrected chi connectivity index (χ1v) is 7.55. The summed E-state index contributed by atoms with van der Waals surface area (Å²) in [5.74, 6) is 0. The molecule has 3 rings (SSSR count). The monoisotopic (exact) mass is 332 g/mol. The Morgan fingerprint density at radius 3 is 2.36 bits per heavy atom. The minimum Gasteiger partial charge on any atom is -0.285 e. The van der Waals surface area contributed by atoms with E-state index in [4.69, 9.17) is 23.2 Å². The Balaban J connectivity index is 2.32. The molecule has 0 unspecified atom stereocenters. The Morgan fingerprint density at radius 1 is 1.00 bits per heavy atom. The molecule has 2 aromatic carbocycles. The van der Waals surface area contributed by atoms with Crippen LogP contribution in [0.1, 0.15) is 5.69 Å². The van der Waals surface area contributed by atoms with Crippen molar-refractivity contribution < 1.29 is 0 Å². The zero-order valence-electron chi connectivity index (χ0n) is 12.2. The molecule has 0 aliphatic rings. The van der Waals surface area contributed by atoms with Crippen LogP contribution in [0.15, 0.2) is 53.3 Å². The molecule has 0 atom stereocenters. The molecular formula is C17H14Cl2N2O. The van der Waals surface area contributed by atoms with Gasteiger partial charge in [-0.2, -0.15) is 0 Å². The average Bonchev–Trinajstić information content (AvgIpc) is 2.73. The Kier molecular flexibility index (Phi) is 3.85. The van der Waals surface area contributed by atoms with E-state index < -0.39 is 0 Å². The lowest BCUT2D eigenvalue weighted by Gasteiger charge is -2.10. The fourth-order valence-corrected chi connectivity index (χ4v) is 2.93. The molecule has 0 saturated carbocycles. The Morgan fingerprint density at radius 2 is 1.68 bits per heavy atom. The molecule has 0 spiro atoms. The number of benzene rings is 2. The van der Waals surface area contributed by atoms with Gasteiger partial charge < -0.3 is 0 Å². The van der Waals surface area contributed by atoms with E-state index in [1.165, 1.54) is 0 Å². The molecule has 5 heteroatoms. The SMILES string of the molecule is Cc1c(-c2ccccc2)c(=O)n(-c2cc(Cl)ccc2Cl)n1C. The highest BCUT2D eigenvalue weighted by atomic mass is 35.5. The lowest BCUT2D eigenvalue weighted by Crippen LogP contribution is -2.20. The van der Waals surface area contributed by atoms with Gasteiger partial charge in [-0.3, -0.25) is 9.48 Å². The number of aromatic nitrogens is 2. The van der Waals surface area contributed by atoms with Crippen LogP contribution in [0.5, 0.6) is 0 Å². The zero-order chi connectivity index (χ0) is 15.9. The quantitative estimate of drug-likeness (QED) is 0.680. The van der Waals surface area contributed by atoms with Crippen molar-refractivity contribution in [3.05, 3.63) is 74.6 Å². The van der Waals surface area contributed by atoms with E-state index in [0.717, 1.165) is 11.3 Å². The highest BCUT2D eigenvalue weighted by Crippen LogP contribution is 2.26. The lowest BCUT2D eigenvalue weighted by molar-refractivity contribution is 0.630. The molecule has 1 aromatic heterocycles. The van der Waals surface area contributed by atoms with Crippen molar-refractivity contribution in [1.29, 1.82) is 0 Å². The van der Waals surface area contributed by atoms with Crippen LogP contribution in [0.3, 0.4) is 0 Å². The predicted molar refractivity (Wildman–Crippen MR) is 91.2 cm³/mol. The maximum absolute atomic E-state index is 12.9. The van der Waals surface area contributed by atoms with Crippen molar-refractivity contribution in [2.75, 3.05) is 0 Å².